The molecule has 7 heteroatoms. The lowest BCUT2D eigenvalue weighted by molar-refractivity contribution is 0.0507. The Bertz CT molecular complexity index is 1040. The summed E-state index contributed by atoms with van der Waals surface area (Å²) in [4.78, 5) is 34.5. The van der Waals surface area contributed by atoms with E-state index in [0.717, 1.165) is 28.8 Å². The third kappa shape index (κ3) is 5.55. The molecular weight excluding hydrogens is 410 g/mol. The molecule has 2 heterocycles. The average molecular weight is 438 g/mol. The van der Waals surface area contributed by atoms with Crippen LogP contribution in [0.1, 0.15) is 58.5 Å². The highest BCUT2D eigenvalue weighted by Crippen LogP contribution is 2.40. The van der Waals surface area contributed by atoms with Gasteiger partial charge in [0.2, 0.25) is 0 Å². The van der Waals surface area contributed by atoms with Crippen LogP contribution in [0.5, 0.6) is 0 Å². The van der Waals surface area contributed by atoms with Crippen molar-refractivity contribution in [3.05, 3.63) is 64.6 Å². The van der Waals surface area contributed by atoms with E-state index in [1.54, 1.807) is 0 Å². The predicted octanol–water partition coefficient (Wildman–Crippen LogP) is 5.53. The lowest BCUT2D eigenvalue weighted by Gasteiger charge is -2.11. The van der Waals surface area contributed by atoms with Crippen molar-refractivity contribution in [1.82, 2.24) is 9.97 Å². The number of nitrogens with one attached hydrogen (secondary N) is 1. The third-order valence-corrected chi connectivity index (χ3v) is 5.66. The molecule has 3 rings (SSSR count). The summed E-state index contributed by atoms with van der Waals surface area (Å²) in [5, 5.41) is 3.28. The number of amides is 1. The van der Waals surface area contributed by atoms with Crippen LogP contribution in [0, 0.1) is 12.8 Å². The van der Waals surface area contributed by atoms with E-state index in [9.17, 15) is 9.59 Å². The van der Waals surface area contributed by atoms with Crippen molar-refractivity contribution in [2.24, 2.45) is 5.92 Å². The zero-order chi connectivity index (χ0) is 22.4. The first-order valence-corrected chi connectivity index (χ1v) is 11.2. The number of aromatic nitrogens is 2. The van der Waals surface area contributed by atoms with Crippen molar-refractivity contribution in [3.63, 3.8) is 0 Å². The SMILES string of the molecule is CCCOC(=O)c1c(NC(=O)c2cnccn2)sc(C)c1-c1ccc(CC(C)C)cc1. The molecule has 3 aromatic rings. The topological polar surface area (TPSA) is 81.2 Å². The van der Waals surface area contributed by atoms with Gasteiger partial charge in [0, 0.05) is 22.8 Å². The Morgan fingerprint density at radius 2 is 1.90 bits per heavy atom. The van der Waals surface area contributed by atoms with E-state index in [1.165, 1.54) is 35.5 Å². The number of hydrogen-bond donors (Lipinski definition) is 1. The Morgan fingerprint density at radius 3 is 2.52 bits per heavy atom. The van der Waals surface area contributed by atoms with Gasteiger partial charge in [-0.15, -0.1) is 11.3 Å². The first kappa shape index (κ1) is 22.6. The van der Waals surface area contributed by atoms with Crippen LogP contribution in [0.2, 0.25) is 0 Å². The van der Waals surface area contributed by atoms with Gasteiger partial charge in [-0.05, 0) is 36.8 Å². The molecule has 0 spiro atoms. The number of carbonyl (C=O) groups excluding carboxylic acids is 2. The molecular formula is C24H27N3O3S. The van der Waals surface area contributed by atoms with Crippen LogP contribution in [0.15, 0.2) is 42.9 Å². The smallest absolute Gasteiger partial charge is 0.341 e. The number of hydrogen-bond acceptors (Lipinski definition) is 6. The van der Waals surface area contributed by atoms with Crippen LogP contribution in [0.3, 0.4) is 0 Å². The van der Waals surface area contributed by atoms with Gasteiger partial charge < -0.3 is 10.1 Å². The first-order valence-electron chi connectivity index (χ1n) is 10.4. The monoisotopic (exact) mass is 437 g/mol. The summed E-state index contributed by atoms with van der Waals surface area (Å²) in [5.74, 6) is -0.296. The quantitative estimate of drug-likeness (QED) is 0.469. The number of anilines is 1. The Labute approximate surface area is 186 Å². The van der Waals surface area contributed by atoms with Crippen molar-refractivity contribution in [3.8, 4) is 11.1 Å². The van der Waals surface area contributed by atoms with Gasteiger partial charge in [-0.3, -0.25) is 9.78 Å². The van der Waals surface area contributed by atoms with Gasteiger partial charge in [0.25, 0.3) is 5.91 Å². The highest BCUT2D eigenvalue weighted by Gasteiger charge is 2.26. The van der Waals surface area contributed by atoms with Gasteiger partial charge in [-0.25, -0.2) is 9.78 Å². The van der Waals surface area contributed by atoms with Crippen LogP contribution in [0.4, 0.5) is 5.00 Å². The number of ether oxygens (including phenoxy) is 1. The molecule has 0 aliphatic heterocycles. The number of carbonyl (C=O) groups is 2. The molecule has 0 aliphatic rings. The molecule has 162 valence electrons. The van der Waals surface area contributed by atoms with Gasteiger partial charge in [0.15, 0.2) is 0 Å². The zero-order valence-corrected chi connectivity index (χ0v) is 19.1. The van der Waals surface area contributed by atoms with E-state index >= 15 is 0 Å². The lowest BCUT2D eigenvalue weighted by Crippen LogP contribution is -2.16. The van der Waals surface area contributed by atoms with Crippen molar-refractivity contribution in [2.75, 3.05) is 11.9 Å². The minimum atomic E-state index is -0.443. The average Bonchev–Trinajstić information content (AvgIpc) is 3.08. The zero-order valence-electron chi connectivity index (χ0n) is 18.3. The van der Waals surface area contributed by atoms with Crippen LogP contribution in [-0.4, -0.2) is 28.5 Å². The van der Waals surface area contributed by atoms with Crippen molar-refractivity contribution in [2.45, 2.75) is 40.5 Å². The van der Waals surface area contributed by atoms with E-state index in [0.29, 0.717) is 23.1 Å². The predicted molar refractivity (Wildman–Crippen MR) is 124 cm³/mol. The molecule has 0 fully saturated rings. The van der Waals surface area contributed by atoms with Crippen molar-refractivity contribution >= 4 is 28.2 Å². The van der Waals surface area contributed by atoms with E-state index in [2.05, 4.69) is 41.3 Å². The summed E-state index contributed by atoms with van der Waals surface area (Å²) < 4.78 is 5.45. The second-order valence-electron chi connectivity index (χ2n) is 7.71. The van der Waals surface area contributed by atoms with Gasteiger partial charge in [0.1, 0.15) is 16.3 Å². The third-order valence-electron chi connectivity index (χ3n) is 4.64. The molecule has 1 amide bonds. The summed E-state index contributed by atoms with van der Waals surface area (Å²) in [5.41, 5.74) is 3.52. The summed E-state index contributed by atoms with van der Waals surface area (Å²) in [6.45, 7) is 8.57. The van der Waals surface area contributed by atoms with E-state index in [4.69, 9.17) is 4.74 Å². The maximum absolute atomic E-state index is 13.0. The Morgan fingerprint density at radius 1 is 1.16 bits per heavy atom. The van der Waals surface area contributed by atoms with Crippen molar-refractivity contribution < 1.29 is 14.3 Å². The first-order chi connectivity index (χ1) is 14.9. The van der Waals surface area contributed by atoms with E-state index < -0.39 is 11.9 Å². The molecule has 0 atom stereocenters. The maximum atomic E-state index is 13.0. The van der Waals surface area contributed by atoms with Gasteiger partial charge >= 0.3 is 5.97 Å². The Balaban J connectivity index is 2.00. The Kier molecular flexibility index (Phi) is 7.52. The summed E-state index contributed by atoms with van der Waals surface area (Å²) >= 11 is 1.35. The van der Waals surface area contributed by atoms with Crippen LogP contribution >= 0.6 is 11.3 Å². The number of aryl methyl sites for hydroxylation is 1. The van der Waals surface area contributed by atoms with Gasteiger partial charge in [-0.2, -0.15) is 0 Å². The van der Waals surface area contributed by atoms with Crippen LogP contribution in [-0.2, 0) is 11.2 Å². The molecule has 0 aliphatic carbocycles. The molecule has 0 saturated heterocycles. The molecule has 1 N–H and O–H groups in total. The second-order valence-corrected chi connectivity index (χ2v) is 8.94. The van der Waals surface area contributed by atoms with Crippen LogP contribution in [0.25, 0.3) is 11.1 Å². The normalized spacial score (nSPS) is 10.9. The summed E-state index contributed by atoms with van der Waals surface area (Å²) in [7, 11) is 0. The van der Waals surface area contributed by atoms with E-state index in [1.807, 2.05) is 26.0 Å². The maximum Gasteiger partial charge on any atom is 0.341 e. The molecule has 0 saturated carbocycles. The molecule has 0 unspecified atom stereocenters. The Hall–Kier alpha value is -3.06. The standard InChI is InChI=1S/C24H27N3O3S/c1-5-12-30-24(29)21-20(18-8-6-17(7-9-18)13-15(2)3)16(4)31-23(21)27-22(28)19-14-25-10-11-26-19/h6-11,14-15H,5,12-13H2,1-4H3,(H,27,28). The summed E-state index contributed by atoms with van der Waals surface area (Å²) in [6, 6.07) is 8.23. The number of rotatable bonds is 8. The summed E-state index contributed by atoms with van der Waals surface area (Å²) in [6.07, 6.45) is 6.05. The fraction of sp³-hybridized carbons (Fsp3) is 0.333. The second kappa shape index (κ2) is 10.3. The molecule has 6 nitrogen and oxygen atoms in total. The molecule has 2 aromatic heterocycles. The highest BCUT2D eigenvalue weighted by atomic mass is 32.1. The molecule has 0 bridgehead atoms. The molecule has 0 radical (unpaired) electrons. The van der Waals surface area contributed by atoms with E-state index in [-0.39, 0.29) is 5.69 Å². The van der Waals surface area contributed by atoms with Gasteiger partial charge in [-0.1, -0.05) is 45.0 Å². The molecule has 31 heavy (non-hydrogen) atoms. The fourth-order valence-corrected chi connectivity index (χ4v) is 4.36. The van der Waals surface area contributed by atoms with Crippen molar-refractivity contribution in [1.29, 1.82) is 0 Å². The molecule has 1 aromatic carbocycles. The minimum Gasteiger partial charge on any atom is -0.462 e. The van der Waals surface area contributed by atoms with Crippen LogP contribution < -0.4 is 5.32 Å². The number of nitrogens with zero attached hydrogens (tertiary/aromatic N) is 2. The highest BCUT2D eigenvalue weighted by molar-refractivity contribution is 7.17. The minimum absolute atomic E-state index is 0.181. The van der Waals surface area contributed by atoms with Gasteiger partial charge in [0.05, 0.1) is 12.8 Å². The fourth-order valence-electron chi connectivity index (χ4n) is 3.30. The number of esters is 1. The number of thiophene rings is 1. The largest absolute Gasteiger partial charge is 0.462 e. The lowest BCUT2D eigenvalue weighted by atomic mass is 9.97. The number of benzene rings is 1.